The van der Waals surface area contributed by atoms with Gasteiger partial charge >= 0.3 is 0 Å². The van der Waals surface area contributed by atoms with Gasteiger partial charge in [0.25, 0.3) is 0 Å². The van der Waals surface area contributed by atoms with E-state index < -0.39 is 5.82 Å². The number of halogens is 1. The Kier molecular flexibility index (Phi) is 8.19. The van der Waals surface area contributed by atoms with Crippen molar-refractivity contribution in [2.75, 3.05) is 23.7 Å². The standard InChI is InChI=1S/C16H29FN4O2/c1-10(5-12(3)22)7-18-15-14(17)16(21-9-20-15)19-8-11(2)6-13(4)23/h9-13,22-23H,5-8H2,1-4H3,(H2,18,19,20,21). The lowest BCUT2D eigenvalue weighted by Gasteiger charge is -2.17. The van der Waals surface area contributed by atoms with Crippen LogP contribution in [0.4, 0.5) is 16.0 Å². The van der Waals surface area contributed by atoms with E-state index in [4.69, 9.17) is 0 Å². The second-order valence-electron chi connectivity index (χ2n) is 6.53. The van der Waals surface area contributed by atoms with Gasteiger partial charge in [0.05, 0.1) is 12.2 Å². The summed E-state index contributed by atoms with van der Waals surface area (Å²) in [5.41, 5.74) is 0. The number of hydrogen-bond donors (Lipinski definition) is 4. The minimum absolute atomic E-state index is 0.156. The van der Waals surface area contributed by atoms with Crippen molar-refractivity contribution < 1.29 is 14.6 Å². The summed E-state index contributed by atoms with van der Waals surface area (Å²) in [7, 11) is 0. The largest absolute Gasteiger partial charge is 0.393 e. The molecule has 1 heterocycles. The minimum atomic E-state index is -0.513. The number of aliphatic hydroxyl groups excluding tert-OH is 2. The third-order valence-electron chi connectivity index (χ3n) is 3.51. The van der Waals surface area contributed by atoms with E-state index in [1.54, 1.807) is 13.8 Å². The maximum absolute atomic E-state index is 14.3. The molecule has 4 N–H and O–H groups in total. The van der Waals surface area contributed by atoms with Gasteiger partial charge in [0.15, 0.2) is 11.6 Å². The quantitative estimate of drug-likeness (QED) is 0.527. The first-order chi connectivity index (χ1) is 10.8. The van der Waals surface area contributed by atoms with Crippen molar-refractivity contribution in [1.82, 2.24) is 9.97 Å². The Morgan fingerprint density at radius 3 is 1.65 bits per heavy atom. The molecule has 1 aromatic heterocycles. The highest BCUT2D eigenvalue weighted by atomic mass is 19.1. The molecular formula is C16H29FN4O2. The van der Waals surface area contributed by atoms with Gasteiger partial charge in [-0.3, -0.25) is 0 Å². The van der Waals surface area contributed by atoms with Crippen molar-refractivity contribution in [3.05, 3.63) is 12.1 Å². The molecule has 0 saturated carbocycles. The van der Waals surface area contributed by atoms with E-state index in [-0.39, 0.29) is 35.7 Å². The number of nitrogens with zero attached hydrogens (tertiary/aromatic N) is 2. The molecule has 1 rings (SSSR count). The molecule has 0 radical (unpaired) electrons. The maximum Gasteiger partial charge on any atom is 0.207 e. The summed E-state index contributed by atoms with van der Waals surface area (Å²) in [5, 5.41) is 24.6. The Labute approximate surface area is 137 Å². The molecule has 0 amide bonds. The van der Waals surface area contributed by atoms with Crippen LogP contribution in [0, 0.1) is 17.7 Å². The first-order valence-electron chi connectivity index (χ1n) is 8.13. The molecule has 6 nitrogen and oxygen atoms in total. The topological polar surface area (TPSA) is 90.3 Å². The monoisotopic (exact) mass is 328 g/mol. The summed E-state index contributed by atoms with van der Waals surface area (Å²) in [6.45, 7) is 8.48. The summed E-state index contributed by atoms with van der Waals surface area (Å²) >= 11 is 0. The molecule has 7 heteroatoms. The van der Waals surface area contributed by atoms with Crippen LogP contribution in [-0.4, -0.2) is 45.5 Å². The first kappa shape index (κ1) is 19.6. The van der Waals surface area contributed by atoms with Crippen LogP contribution >= 0.6 is 0 Å². The molecule has 0 aliphatic heterocycles. The van der Waals surface area contributed by atoms with Crippen LogP contribution in [-0.2, 0) is 0 Å². The summed E-state index contributed by atoms with van der Waals surface area (Å²) in [6.07, 6.45) is 1.83. The SMILES string of the molecule is CC(O)CC(C)CNc1ncnc(NCC(C)CC(C)O)c1F. The van der Waals surface area contributed by atoms with E-state index in [1.807, 2.05) is 13.8 Å². The zero-order valence-electron chi connectivity index (χ0n) is 14.4. The molecule has 0 bridgehead atoms. The number of aromatic nitrogens is 2. The van der Waals surface area contributed by atoms with Crippen LogP contribution < -0.4 is 10.6 Å². The van der Waals surface area contributed by atoms with Crippen molar-refractivity contribution in [2.45, 2.75) is 52.7 Å². The molecule has 4 atom stereocenters. The zero-order valence-corrected chi connectivity index (χ0v) is 14.4. The Hall–Kier alpha value is -1.47. The Morgan fingerprint density at radius 2 is 1.30 bits per heavy atom. The third-order valence-corrected chi connectivity index (χ3v) is 3.51. The fourth-order valence-electron chi connectivity index (χ4n) is 2.49. The average molecular weight is 328 g/mol. The van der Waals surface area contributed by atoms with Gasteiger partial charge in [0.2, 0.25) is 5.82 Å². The summed E-state index contributed by atoms with van der Waals surface area (Å²) < 4.78 is 14.3. The molecule has 0 aliphatic rings. The second kappa shape index (κ2) is 9.62. The van der Waals surface area contributed by atoms with Crippen LogP contribution in [0.15, 0.2) is 6.33 Å². The van der Waals surface area contributed by atoms with E-state index in [0.717, 1.165) is 0 Å². The fraction of sp³-hybridized carbons (Fsp3) is 0.750. The number of anilines is 2. The average Bonchev–Trinajstić information content (AvgIpc) is 2.43. The van der Waals surface area contributed by atoms with Gasteiger partial charge in [-0.15, -0.1) is 0 Å². The van der Waals surface area contributed by atoms with Gasteiger partial charge in [-0.25, -0.2) is 9.97 Å². The number of aliphatic hydroxyl groups is 2. The van der Waals surface area contributed by atoms with Gasteiger partial charge in [-0.1, -0.05) is 13.8 Å². The third kappa shape index (κ3) is 7.56. The lowest BCUT2D eigenvalue weighted by Crippen LogP contribution is -2.19. The predicted molar refractivity (Wildman–Crippen MR) is 89.9 cm³/mol. The molecule has 0 fully saturated rings. The highest BCUT2D eigenvalue weighted by molar-refractivity contribution is 5.48. The molecule has 0 saturated heterocycles. The smallest absolute Gasteiger partial charge is 0.207 e. The summed E-state index contributed by atoms with van der Waals surface area (Å²) in [5.74, 6) is 0.200. The summed E-state index contributed by atoms with van der Waals surface area (Å²) in [4.78, 5) is 7.85. The Bertz CT molecular complexity index is 433. The van der Waals surface area contributed by atoms with E-state index >= 15 is 0 Å². The van der Waals surface area contributed by atoms with Crippen LogP contribution in [0.3, 0.4) is 0 Å². The molecule has 132 valence electrons. The van der Waals surface area contributed by atoms with Gasteiger partial charge in [0, 0.05) is 13.1 Å². The fourth-order valence-corrected chi connectivity index (χ4v) is 2.49. The van der Waals surface area contributed by atoms with Gasteiger partial charge in [-0.2, -0.15) is 4.39 Å². The molecule has 0 spiro atoms. The van der Waals surface area contributed by atoms with E-state index in [0.29, 0.717) is 25.9 Å². The highest BCUT2D eigenvalue weighted by Gasteiger charge is 2.14. The first-order valence-corrected chi connectivity index (χ1v) is 8.13. The lowest BCUT2D eigenvalue weighted by atomic mass is 10.0. The lowest BCUT2D eigenvalue weighted by molar-refractivity contribution is 0.166. The van der Waals surface area contributed by atoms with Crippen molar-refractivity contribution in [1.29, 1.82) is 0 Å². The van der Waals surface area contributed by atoms with Gasteiger partial charge in [0.1, 0.15) is 6.33 Å². The zero-order chi connectivity index (χ0) is 17.4. The van der Waals surface area contributed by atoms with Crippen molar-refractivity contribution >= 4 is 11.6 Å². The number of nitrogens with one attached hydrogen (secondary N) is 2. The normalized spacial score (nSPS) is 16.5. The number of rotatable bonds is 10. The Balaban J connectivity index is 2.57. The predicted octanol–water partition coefficient (Wildman–Crippen LogP) is 2.25. The number of hydrogen-bond acceptors (Lipinski definition) is 6. The van der Waals surface area contributed by atoms with E-state index in [1.165, 1.54) is 6.33 Å². The van der Waals surface area contributed by atoms with Gasteiger partial charge in [-0.05, 0) is 38.5 Å². The van der Waals surface area contributed by atoms with Crippen LogP contribution in [0.2, 0.25) is 0 Å². The second-order valence-corrected chi connectivity index (χ2v) is 6.53. The maximum atomic E-state index is 14.3. The van der Waals surface area contributed by atoms with Crippen LogP contribution in [0.5, 0.6) is 0 Å². The van der Waals surface area contributed by atoms with Crippen molar-refractivity contribution in [3.8, 4) is 0 Å². The molecule has 4 unspecified atom stereocenters. The van der Waals surface area contributed by atoms with Gasteiger partial charge < -0.3 is 20.8 Å². The summed E-state index contributed by atoms with van der Waals surface area (Å²) in [6, 6.07) is 0. The Morgan fingerprint density at radius 1 is 0.913 bits per heavy atom. The minimum Gasteiger partial charge on any atom is -0.393 e. The molecule has 23 heavy (non-hydrogen) atoms. The molecule has 1 aromatic rings. The van der Waals surface area contributed by atoms with Crippen molar-refractivity contribution in [3.63, 3.8) is 0 Å². The molecule has 0 aliphatic carbocycles. The van der Waals surface area contributed by atoms with Crippen LogP contribution in [0.1, 0.15) is 40.5 Å². The molecule has 0 aromatic carbocycles. The van der Waals surface area contributed by atoms with Crippen LogP contribution in [0.25, 0.3) is 0 Å². The van der Waals surface area contributed by atoms with Crippen molar-refractivity contribution in [2.24, 2.45) is 11.8 Å². The van der Waals surface area contributed by atoms with E-state index in [2.05, 4.69) is 20.6 Å². The highest BCUT2D eigenvalue weighted by Crippen LogP contribution is 2.19. The van der Waals surface area contributed by atoms with E-state index in [9.17, 15) is 14.6 Å². The molecular weight excluding hydrogens is 299 g/mol.